The van der Waals surface area contributed by atoms with Crippen LogP contribution in [0.15, 0.2) is 61.4 Å². The summed E-state index contributed by atoms with van der Waals surface area (Å²) in [5.41, 5.74) is 1.30. The molecule has 0 saturated heterocycles. The molecular formula is C19H14BrClN4O2S. The molecule has 4 aromatic rings. The lowest BCUT2D eigenvalue weighted by molar-refractivity contribution is 0.391. The molecule has 142 valence electrons. The van der Waals surface area contributed by atoms with E-state index in [-0.39, 0.29) is 5.56 Å². The van der Waals surface area contributed by atoms with Gasteiger partial charge in [-0.05, 0) is 37.3 Å². The Balaban J connectivity index is 1.62. The van der Waals surface area contributed by atoms with Crippen molar-refractivity contribution < 1.29 is 4.52 Å². The van der Waals surface area contributed by atoms with Gasteiger partial charge in [0.05, 0.1) is 21.7 Å². The van der Waals surface area contributed by atoms with Crippen LogP contribution in [-0.2, 0) is 12.3 Å². The molecular weight excluding hydrogens is 464 g/mol. The summed E-state index contributed by atoms with van der Waals surface area (Å²) in [6, 6.07) is 12.8. The molecule has 0 N–H and O–H groups in total. The van der Waals surface area contributed by atoms with Crippen molar-refractivity contribution in [3.8, 4) is 11.4 Å². The van der Waals surface area contributed by atoms with E-state index in [1.54, 1.807) is 16.7 Å². The molecule has 2 aromatic heterocycles. The second kappa shape index (κ2) is 8.06. The van der Waals surface area contributed by atoms with Crippen LogP contribution in [0, 0.1) is 0 Å². The van der Waals surface area contributed by atoms with E-state index in [0.717, 1.165) is 4.47 Å². The van der Waals surface area contributed by atoms with Crippen molar-refractivity contribution >= 4 is 50.2 Å². The minimum atomic E-state index is -0.0708. The number of hydrogen-bond acceptors (Lipinski definition) is 6. The Bertz CT molecular complexity index is 1220. The van der Waals surface area contributed by atoms with Gasteiger partial charge in [0, 0.05) is 16.6 Å². The monoisotopic (exact) mass is 476 g/mol. The fraction of sp³-hybridized carbons (Fsp3) is 0.158. The van der Waals surface area contributed by atoms with Gasteiger partial charge < -0.3 is 4.52 Å². The summed E-state index contributed by atoms with van der Waals surface area (Å²) in [5, 5.41) is 5.75. The quantitative estimate of drug-likeness (QED) is 0.291. The molecule has 2 heterocycles. The molecule has 0 radical (unpaired) electrons. The number of thioether (sulfide) groups is 1. The Labute approximate surface area is 178 Å². The third kappa shape index (κ3) is 3.72. The zero-order chi connectivity index (χ0) is 19.7. The number of halogens is 2. The zero-order valence-corrected chi connectivity index (χ0v) is 17.9. The van der Waals surface area contributed by atoms with E-state index in [4.69, 9.17) is 16.1 Å². The molecule has 28 heavy (non-hydrogen) atoms. The van der Waals surface area contributed by atoms with Crippen LogP contribution >= 0.6 is 39.3 Å². The minimum Gasteiger partial charge on any atom is -0.338 e. The predicted molar refractivity (Wildman–Crippen MR) is 114 cm³/mol. The predicted octanol–water partition coefficient (Wildman–Crippen LogP) is 5.17. The average molecular weight is 478 g/mol. The molecule has 0 aliphatic heterocycles. The molecule has 0 spiro atoms. The van der Waals surface area contributed by atoms with Crippen LogP contribution in [0.5, 0.6) is 0 Å². The molecule has 2 aromatic carbocycles. The summed E-state index contributed by atoms with van der Waals surface area (Å²) in [7, 11) is 0. The molecule has 0 amide bonds. The molecule has 0 aliphatic carbocycles. The van der Waals surface area contributed by atoms with Gasteiger partial charge in [-0.1, -0.05) is 56.6 Å². The van der Waals surface area contributed by atoms with E-state index >= 15 is 0 Å². The van der Waals surface area contributed by atoms with Crippen LogP contribution < -0.4 is 5.56 Å². The standard InChI is InChI=1S/C19H14BrClN4O2S/c1-2-25-18(26)13-9-11(20)7-8-15(13)22-19(25)28-10-16-23-17(24-27-16)12-5-3-4-6-14(12)21/h3-9H,2,10H2,1H3. The van der Waals surface area contributed by atoms with Crippen LogP contribution in [0.4, 0.5) is 0 Å². The van der Waals surface area contributed by atoms with E-state index in [9.17, 15) is 4.79 Å². The van der Waals surface area contributed by atoms with Gasteiger partial charge in [0.25, 0.3) is 5.56 Å². The number of aromatic nitrogens is 4. The van der Waals surface area contributed by atoms with Crippen molar-refractivity contribution in [1.29, 1.82) is 0 Å². The first-order valence-electron chi connectivity index (χ1n) is 8.47. The lowest BCUT2D eigenvalue weighted by Gasteiger charge is -2.10. The first-order chi connectivity index (χ1) is 13.6. The largest absolute Gasteiger partial charge is 0.338 e. The molecule has 0 saturated carbocycles. The highest BCUT2D eigenvalue weighted by molar-refractivity contribution is 9.10. The van der Waals surface area contributed by atoms with Crippen molar-refractivity contribution in [3.63, 3.8) is 0 Å². The molecule has 4 rings (SSSR count). The van der Waals surface area contributed by atoms with Gasteiger partial charge in [0.1, 0.15) is 0 Å². The Morgan fingerprint density at radius 1 is 1.21 bits per heavy atom. The summed E-state index contributed by atoms with van der Waals surface area (Å²) in [5.74, 6) is 1.27. The molecule has 6 nitrogen and oxygen atoms in total. The van der Waals surface area contributed by atoms with Crippen molar-refractivity contribution in [1.82, 2.24) is 19.7 Å². The van der Waals surface area contributed by atoms with Gasteiger partial charge >= 0.3 is 0 Å². The Hall–Kier alpha value is -2.16. The molecule has 0 unspecified atom stereocenters. The second-order valence-corrected chi connectivity index (χ2v) is 8.15. The number of benzene rings is 2. The van der Waals surface area contributed by atoms with Gasteiger partial charge in [-0.2, -0.15) is 4.98 Å². The third-order valence-electron chi connectivity index (χ3n) is 4.10. The molecule has 0 aliphatic rings. The summed E-state index contributed by atoms with van der Waals surface area (Å²) in [4.78, 5) is 21.8. The molecule has 0 fully saturated rings. The highest BCUT2D eigenvalue weighted by Crippen LogP contribution is 2.27. The number of fused-ring (bicyclic) bond motifs is 1. The van der Waals surface area contributed by atoms with E-state index < -0.39 is 0 Å². The van der Waals surface area contributed by atoms with Crippen molar-refractivity contribution in [3.05, 3.63) is 68.2 Å². The molecule has 0 bridgehead atoms. The van der Waals surface area contributed by atoms with E-state index in [2.05, 4.69) is 31.1 Å². The summed E-state index contributed by atoms with van der Waals surface area (Å²) in [6.45, 7) is 2.44. The highest BCUT2D eigenvalue weighted by Gasteiger charge is 2.15. The van der Waals surface area contributed by atoms with Gasteiger partial charge in [-0.25, -0.2) is 4.98 Å². The SMILES string of the molecule is CCn1c(SCc2nc(-c3ccccc3Cl)no2)nc2ccc(Br)cc2c1=O. The molecule has 0 atom stereocenters. The maximum absolute atomic E-state index is 12.8. The smallest absolute Gasteiger partial charge is 0.262 e. The van der Waals surface area contributed by atoms with Gasteiger partial charge in [-0.15, -0.1) is 0 Å². The third-order valence-corrected chi connectivity index (χ3v) is 5.89. The highest BCUT2D eigenvalue weighted by atomic mass is 79.9. The normalized spacial score (nSPS) is 11.2. The van der Waals surface area contributed by atoms with Crippen molar-refractivity contribution in [2.45, 2.75) is 24.4 Å². The van der Waals surface area contributed by atoms with Crippen molar-refractivity contribution in [2.75, 3.05) is 0 Å². The lowest BCUT2D eigenvalue weighted by Crippen LogP contribution is -2.22. The van der Waals surface area contributed by atoms with Gasteiger partial charge in [0.2, 0.25) is 11.7 Å². The summed E-state index contributed by atoms with van der Waals surface area (Å²) in [6.07, 6.45) is 0. The van der Waals surface area contributed by atoms with Gasteiger partial charge in [-0.3, -0.25) is 9.36 Å². The Morgan fingerprint density at radius 3 is 2.82 bits per heavy atom. The Morgan fingerprint density at radius 2 is 2.04 bits per heavy atom. The fourth-order valence-corrected chi connectivity index (χ4v) is 4.24. The van der Waals surface area contributed by atoms with Crippen LogP contribution in [0.1, 0.15) is 12.8 Å². The zero-order valence-electron chi connectivity index (χ0n) is 14.7. The van der Waals surface area contributed by atoms with Crippen LogP contribution in [0.3, 0.4) is 0 Å². The number of hydrogen-bond donors (Lipinski definition) is 0. The maximum Gasteiger partial charge on any atom is 0.262 e. The van der Waals surface area contributed by atoms with E-state index in [0.29, 0.717) is 50.7 Å². The van der Waals surface area contributed by atoms with Crippen LogP contribution in [-0.4, -0.2) is 19.7 Å². The fourth-order valence-electron chi connectivity index (χ4n) is 2.75. The second-order valence-electron chi connectivity index (χ2n) is 5.89. The van der Waals surface area contributed by atoms with E-state index in [1.807, 2.05) is 37.3 Å². The van der Waals surface area contributed by atoms with Crippen LogP contribution in [0.2, 0.25) is 5.02 Å². The number of rotatable bonds is 5. The Kier molecular flexibility index (Phi) is 5.52. The van der Waals surface area contributed by atoms with E-state index in [1.165, 1.54) is 11.8 Å². The number of nitrogens with zero attached hydrogens (tertiary/aromatic N) is 4. The lowest BCUT2D eigenvalue weighted by atomic mass is 10.2. The first kappa shape index (κ1) is 19.2. The maximum atomic E-state index is 12.8. The molecule has 9 heteroatoms. The van der Waals surface area contributed by atoms with Crippen molar-refractivity contribution in [2.24, 2.45) is 0 Å². The first-order valence-corrected chi connectivity index (χ1v) is 10.6. The van der Waals surface area contributed by atoms with Gasteiger partial charge in [0.15, 0.2) is 5.16 Å². The summed E-state index contributed by atoms with van der Waals surface area (Å²) >= 11 is 11.0. The average Bonchev–Trinajstić information content (AvgIpc) is 3.16. The minimum absolute atomic E-state index is 0.0708. The summed E-state index contributed by atoms with van der Waals surface area (Å²) < 4.78 is 7.83. The van der Waals surface area contributed by atoms with Crippen LogP contribution in [0.25, 0.3) is 22.3 Å². The topological polar surface area (TPSA) is 73.8 Å².